The van der Waals surface area contributed by atoms with E-state index in [2.05, 4.69) is 121 Å². The quantitative estimate of drug-likeness (QED) is 0.249. The lowest BCUT2D eigenvalue weighted by Crippen LogP contribution is -1.97. The Kier molecular flexibility index (Phi) is 4.80. The molecule has 0 unspecified atom stereocenters. The second kappa shape index (κ2) is 8.32. The lowest BCUT2D eigenvalue weighted by Gasteiger charge is -2.13. The summed E-state index contributed by atoms with van der Waals surface area (Å²) in [7, 11) is 0. The first-order valence-corrected chi connectivity index (χ1v) is 12.5. The molecule has 7 rings (SSSR count). The maximum atomic E-state index is 5.02. The number of imidazole rings is 1. The summed E-state index contributed by atoms with van der Waals surface area (Å²) >= 11 is 0. The predicted octanol–water partition coefficient (Wildman–Crippen LogP) is 9.41. The van der Waals surface area contributed by atoms with Gasteiger partial charge >= 0.3 is 0 Å². The van der Waals surface area contributed by atoms with Crippen LogP contribution in [0.25, 0.3) is 72.6 Å². The Hall–Kier alpha value is -4.95. The molecule has 2 nitrogen and oxygen atoms in total. The largest absolute Gasteiger partial charge is 0.292 e. The van der Waals surface area contributed by atoms with Gasteiger partial charge in [0.2, 0.25) is 0 Å². The molecule has 0 N–H and O–H groups in total. The molecule has 0 saturated heterocycles. The van der Waals surface area contributed by atoms with Gasteiger partial charge in [0, 0.05) is 10.9 Å². The fourth-order valence-corrected chi connectivity index (χ4v) is 5.49. The highest BCUT2D eigenvalue weighted by Crippen LogP contribution is 2.35. The molecule has 2 heterocycles. The zero-order chi connectivity index (χ0) is 24.9. The molecule has 0 radical (unpaired) electrons. The summed E-state index contributed by atoms with van der Waals surface area (Å²) in [5.41, 5.74) is 9.83. The topological polar surface area (TPSA) is 17.3 Å². The lowest BCUT2D eigenvalue weighted by atomic mass is 9.96. The first-order valence-electron chi connectivity index (χ1n) is 12.5. The third-order valence-corrected chi connectivity index (χ3v) is 7.33. The standard InChI is InChI=1S/C35H24N2/c1-3-29-30-20-19-28(22-31(30)35-36-32-11-7-8-12-34(32)37(35)33(29)4-2)25-15-13-24(14-16-25)27-18-17-23-9-5-6-10-26(23)21-27/h3-22H,1-2H2. The Morgan fingerprint density at radius 3 is 1.97 bits per heavy atom. The molecular weight excluding hydrogens is 448 g/mol. The summed E-state index contributed by atoms with van der Waals surface area (Å²) in [6.45, 7) is 8.22. The number of para-hydroxylation sites is 2. The van der Waals surface area contributed by atoms with Crippen LogP contribution < -0.4 is 0 Å². The summed E-state index contributed by atoms with van der Waals surface area (Å²) in [4.78, 5) is 5.02. The molecule has 174 valence electrons. The highest BCUT2D eigenvalue weighted by atomic mass is 15.0. The Morgan fingerprint density at radius 2 is 1.22 bits per heavy atom. The first-order chi connectivity index (χ1) is 18.2. The molecule has 0 aliphatic rings. The van der Waals surface area contributed by atoms with Crippen LogP contribution in [0.2, 0.25) is 0 Å². The van der Waals surface area contributed by atoms with Crippen LogP contribution in [0.4, 0.5) is 0 Å². The van der Waals surface area contributed by atoms with Gasteiger partial charge in [0.25, 0.3) is 0 Å². The fraction of sp³-hybridized carbons (Fsp3) is 0. The number of pyridine rings is 1. The summed E-state index contributed by atoms with van der Waals surface area (Å²) in [5.74, 6) is 0. The Balaban J connectivity index is 1.39. The summed E-state index contributed by atoms with van der Waals surface area (Å²) < 4.78 is 2.20. The van der Waals surface area contributed by atoms with Gasteiger partial charge in [-0.1, -0.05) is 104 Å². The van der Waals surface area contributed by atoms with Crippen molar-refractivity contribution in [1.29, 1.82) is 0 Å². The van der Waals surface area contributed by atoms with Crippen molar-refractivity contribution in [3.63, 3.8) is 0 Å². The van der Waals surface area contributed by atoms with Crippen molar-refractivity contribution in [3.8, 4) is 22.3 Å². The summed E-state index contributed by atoms with van der Waals surface area (Å²) in [6, 6.07) is 38.8. The van der Waals surface area contributed by atoms with E-state index in [1.807, 2.05) is 18.2 Å². The molecule has 0 aliphatic heterocycles. The van der Waals surface area contributed by atoms with Crippen molar-refractivity contribution in [2.24, 2.45) is 0 Å². The molecule has 37 heavy (non-hydrogen) atoms. The third-order valence-electron chi connectivity index (χ3n) is 7.33. The Bertz CT molecular complexity index is 2010. The Labute approximate surface area is 215 Å². The zero-order valence-corrected chi connectivity index (χ0v) is 20.4. The number of nitrogens with zero attached hydrogens (tertiary/aromatic N) is 2. The van der Waals surface area contributed by atoms with E-state index in [0.717, 1.165) is 44.3 Å². The van der Waals surface area contributed by atoms with Crippen LogP contribution >= 0.6 is 0 Å². The van der Waals surface area contributed by atoms with Crippen LogP contribution in [0.1, 0.15) is 11.3 Å². The van der Waals surface area contributed by atoms with Crippen molar-refractivity contribution < 1.29 is 0 Å². The number of hydrogen-bond acceptors (Lipinski definition) is 1. The minimum absolute atomic E-state index is 0.936. The van der Waals surface area contributed by atoms with Crippen molar-refractivity contribution >= 4 is 50.4 Å². The molecule has 0 spiro atoms. The number of rotatable bonds is 4. The van der Waals surface area contributed by atoms with E-state index >= 15 is 0 Å². The van der Waals surface area contributed by atoms with Gasteiger partial charge in [-0.3, -0.25) is 4.40 Å². The molecule has 0 aliphatic carbocycles. The zero-order valence-electron chi connectivity index (χ0n) is 20.4. The smallest absolute Gasteiger partial charge is 0.146 e. The number of fused-ring (bicyclic) bond motifs is 6. The van der Waals surface area contributed by atoms with E-state index < -0.39 is 0 Å². The molecular formula is C35H24N2. The molecule has 7 aromatic rings. The van der Waals surface area contributed by atoms with Crippen LogP contribution in [-0.4, -0.2) is 9.38 Å². The second-order valence-corrected chi connectivity index (χ2v) is 9.37. The van der Waals surface area contributed by atoms with E-state index in [9.17, 15) is 0 Å². The Morgan fingerprint density at radius 1 is 0.568 bits per heavy atom. The number of benzene rings is 5. The average Bonchev–Trinajstić information content (AvgIpc) is 3.36. The maximum Gasteiger partial charge on any atom is 0.146 e. The van der Waals surface area contributed by atoms with Gasteiger partial charge < -0.3 is 0 Å². The molecule has 0 saturated carbocycles. The van der Waals surface area contributed by atoms with Gasteiger partial charge in [-0.15, -0.1) is 0 Å². The monoisotopic (exact) mass is 472 g/mol. The van der Waals surface area contributed by atoms with E-state index in [1.165, 1.54) is 27.5 Å². The third kappa shape index (κ3) is 3.30. The first kappa shape index (κ1) is 21.3. The van der Waals surface area contributed by atoms with Crippen molar-refractivity contribution in [3.05, 3.63) is 134 Å². The molecule has 0 bridgehead atoms. The minimum atomic E-state index is 0.936. The van der Waals surface area contributed by atoms with Gasteiger partial charge in [0.05, 0.1) is 16.7 Å². The SMILES string of the molecule is C=Cc1c(C=C)n2c3ccccc3nc2c2cc(-c3ccc(-c4ccc5ccccc5c4)cc3)ccc12. The second-order valence-electron chi connectivity index (χ2n) is 9.37. The fourth-order valence-electron chi connectivity index (χ4n) is 5.49. The van der Waals surface area contributed by atoms with Crippen LogP contribution in [0.3, 0.4) is 0 Å². The van der Waals surface area contributed by atoms with Gasteiger partial charge in [-0.25, -0.2) is 4.98 Å². The summed E-state index contributed by atoms with van der Waals surface area (Å²) in [6.07, 6.45) is 3.82. The van der Waals surface area contributed by atoms with Gasteiger partial charge in [-0.05, 0) is 68.8 Å². The van der Waals surface area contributed by atoms with Crippen LogP contribution in [0.15, 0.2) is 122 Å². The highest BCUT2D eigenvalue weighted by molar-refractivity contribution is 6.06. The normalized spacial score (nSPS) is 11.5. The number of hydrogen-bond donors (Lipinski definition) is 0. The van der Waals surface area contributed by atoms with E-state index in [-0.39, 0.29) is 0 Å². The molecule has 2 heteroatoms. The van der Waals surface area contributed by atoms with E-state index in [0.29, 0.717) is 0 Å². The minimum Gasteiger partial charge on any atom is -0.292 e. The molecule has 2 aromatic heterocycles. The van der Waals surface area contributed by atoms with Gasteiger partial charge in [0.1, 0.15) is 5.65 Å². The molecule has 5 aromatic carbocycles. The van der Waals surface area contributed by atoms with E-state index in [4.69, 9.17) is 4.98 Å². The van der Waals surface area contributed by atoms with Crippen LogP contribution in [0.5, 0.6) is 0 Å². The maximum absolute atomic E-state index is 5.02. The van der Waals surface area contributed by atoms with Crippen molar-refractivity contribution in [1.82, 2.24) is 9.38 Å². The van der Waals surface area contributed by atoms with Crippen molar-refractivity contribution in [2.45, 2.75) is 0 Å². The molecule has 0 atom stereocenters. The van der Waals surface area contributed by atoms with Gasteiger partial charge in [0.15, 0.2) is 0 Å². The average molecular weight is 473 g/mol. The summed E-state index contributed by atoms with van der Waals surface area (Å²) in [5, 5.41) is 4.75. The molecule has 0 fully saturated rings. The van der Waals surface area contributed by atoms with Crippen molar-refractivity contribution in [2.75, 3.05) is 0 Å². The van der Waals surface area contributed by atoms with Gasteiger partial charge in [-0.2, -0.15) is 0 Å². The van der Waals surface area contributed by atoms with E-state index in [1.54, 1.807) is 0 Å². The highest BCUT2D eigenvalue weighted by Gasteiger charge is 2.16. The molecule has 0 amide bonds. The van der Waals surface area contributed by atoms with Crippen LogP contribution in [0, 0.1) is 0 Å². The lowest BCUT2D eigenvalue weighted by molar-refractivity contribution is 1.21. The predicted molar refractivity (Wildman–Crippen MR) is 159 cm³/mol. The number of aromatic nitrogens is 2. The van der Waals surface area contributed by atoms with Crippen LogP contribution in [-0.2, 0) is 0 Å².